The Balaban J connectivity index is 1.92. The predicted octanol–water partition coefficient (Wildman–Crippen LogP) is 3.01. The molecule has 0 aromatic heterocycles. The van der Waals surface area contributed by atoms with Crippen LogP contribution in [-0.4, -0.2) is 26.2 Å². The zero-order chi connectivity index (χ0) is 12.1. The van der Waals surface area contributed by atoms with Crippen LogP contribution < -0.4 is 15.4 Å². The van der Waals surface area contributed by atoms with Gasteiger partial charge >= 0.3 is 0 Å². The van der Waals surface area contributed by atoms with Crippen molar-refractivity contribution in [1.82, 2.24) is 5.32 Å². The highest BCUT2D eigenvalue weighted by Crippen LogP contribution is 2.27. The summed E-state index contributed by atoms with van der Waals surface area (Å²) in [6.07, 6.45) is 3.90. The van der Waals surface area contributed by atoms with Crippen molar-refractivity contribution in [2.45, 2.75) is 25.3 Å². The number of hydrogen-bond donors (Lipinski definition) is 2. The molecule has 1 aromatic rings. The van der Waals surface area contributed by atoms with Gasteiger partial charge in [0, 0.05) is 23.1 Å². The van der Waals surface area contributed by atoms with Crippen molar-refractivity contribution in [3.05, 3.63) is 22.7 Å². The highest BCUT2D eigenvalue weighted by Gasteiger charge is 2.12. The summed E-state index contributed by atoms with van der Waals surface area (Å²) in [5, 5.41) is 7.00. The first-order valence-corrected chi connectivity index (χ1v) is 6.89. The lowest BCUT2D eigenvalue weighted by Crippen LogP contribution is -2.39. The number of rotatable bonds is 4. The molecular formula is C13H19BrN2O. The minimum absolute atomic E-state index is 0.585. The molecule has 1 atom stereocenters. The maximum absolute atomic E-state index is 5.23. The first kappa shape index (κ1) is 12.7. The molecule has 0 spiro atoms. The van der Waals surface area contributed by atoms with Gasteiger partial charge in [-0.15, -0.1) is 0 Å². The maximum Gasteiger partial charge on any atom is 0.121 e. The van der Waals surface area contributed by atoms with Crippen LogP contribution in [0.3, 0.4) is 0 Å². The number of methoxy groups -OCH3 is 1. The molecule has 1 fully saturated rings. The Labute approximate surface area is 111 Å². The normalized spacial score (nSPS) is 20.0. The third-order valence-electron chi connectivity index (χ3n) is 3.12. The Morgan fingerprint density at radius 1 is 1.47 bits per heavy atom. The summed E-state index contributed by atoms with van der Waals surface area (Å²) < 4.78 is 6.30. The van der Waals surface area contributed by atoms with Gasteiger partial charge in [-0.1, -0.05) is 6.42 Å². The molecule has 0 amide bonds. The van der Waals surface area contributed by atoms with Crippen LogP contribution in [0, 0.1) is 0 Å². The van der Waals surface area contributed by atoms with Gasteiger partial charge in [-0.05, 0) is 47.4 Å². The van der Waals surface area contributed by atoms with Crippen molar-refractivity contribution in [2.75, 3.05) is 25.5 Å². The molecule has 0 saturated carbocycles. The average molecular weight is 299 g/mol. The fourth-order valence-corrected chi connectivity index (χ4v) is 2.49. The molecule has 0 bridgehead atoms. The lowest BCUT2D eigenvalue weighted by molar-refractivity contribution is 0.412. The molecule has 1 unspecified atom stereocenters. The molecule has 1 aliphatic heterocycles. The second kappa shape index (κ2) is 6.26. The second-order valence-corrected chi connectivity index (χ2v) is 5.23. The van der Waals surface area contributed by atoms with E-state index in [1.54, 1.807) is 7.11 Å². The van der Waals surface area contributed by atoms with Crippen molar-refractivity contribution in [3.63, 3.8) is 0 Å². The smallest absolute Gasteiger partial charge is 0.121 e. The minimum Gasteiger partial charge on any atom is -0.497 e. The molecular weight excluding hydrogens is 280 g/mol. The van der Waals surface area contributed by atoms with Crippen LogP contribution >= 0.6 is 15.9 Å². The summed E-state index contributed by atoms with van der Waals surface area (Å²) in [6.45, 7) is 2.11. The van der Waals surface area contributed by atoms with E-state index in [1.165, 1.54) is 19.3 Å². The Bertz CT molecular complexity index is 364. The highest BCUT2D eigenvalue weighted by atomic mass is 79.9. The number of benzene rings is 1. The van der Waals surface area contributed by atoms with Crippen LogP contribution in [0.4, 0.5) is 5.69 Å². The van der Waals surface area contributed by atoms with E-state index in [0.29, 0.717) is 6.04 Å². The fraction of sp³-hybridized carbons (Fsp3) is 0.538. The Morgan fingerprint density at radius 3 is 3.06 bits per heavy atom. The van der Waals surface area contributed by atoms with Gasteiger partial charge < -0.3 is 15.4 Å². The summed E-state index contributed by atoms with van der Waals surface area (Å²) in [5.74, 6) is 0.882. The van der Waals surface area contributed by atoms with Crippen molar-refractivity contribution >= 4 is 21.6 Å². The van der Waals surface area contributed by atoms with Crippen LogP contribution in [-0.2, 0) is 0 Å². The fourth-order valence-electron chi connectivity index (χ4n) is 2.10. The van der Waals surface area contributed by atoms with E-state index >= 15 is 0 Å². The maximum atomic E-state index is 5.23. The van der Waals surface area contributed by atoms with Crippen LogP contribution in [0.1, 0.15) is 19.3 Å². The van der Waals surface area contributed by atoms with E-state index < -0.39 is 0 Å². The summed E-state index contributed by atoms with van der Waals surface area (Å²) in [5.41, 5.74) is 1.09. The molecule has 4 heteroatoms. The van der Waals surface area contributed by atoms with E-state index in [1.807, 2.05) is 18.2 Å². The largest absolute Gasteiger partial charge is 0.497 e. The lowest BCUT2D eigenvalue weighted by atomic mass is 10.1. The van der Waals surface area contributed by atoms with Gasteiger partial charge in [-0.3, -0.25) is 0 Å². The lowest BCUT2D eigenvalue weighted by Gasteiger charge is -2.24. The zero-order valence-electron chi connectivity index (χ0n) is 10.1. The average Bonchev–Trinajstić information content (AvgIpc) is 2.39. The van der Waals surface area contributed by atoms with E-state index in [2.05, 4.69) is 26.6 Å². The quantitative estimate of drug-likeness (QED) is 0.896. The first-order valence-electron chi connectivity index (χ1n) is 6.10. The SMILES string of the molecule is COc1ccc(Br)c(NCC2CCCCN2)c1. The van der Waals surface area contributed by atoms with Crippen molar-refractivity contribution in [2.24, 2.45) is 0 Å². The topological polar surface area (TPSA) is 33.3 Å². The molecule has 0 radical (unpaired) electrons. The van der Waals surface area contributed by atoms with E-state index in [4.69, 9.17) is 4.74 Å². The zero-order valence-corrected chi connectivity index (χ0v) is 11.7. The van der Waals surface area contributed by atoms with Gasteiger partial charge in [0.25, 0.3) is 0 Å². The van der Waals surface area contributed by atoms with E-state index in [9.17, 15) is 0 Å². The van der Waals surface area contributed by atoms with Crippen LogP contribution in [0.25, 0.3) is 0 Å². The number of ether oxygens (including phenoxy) is 1. The van der Waals surface area contributed by atoms with Gasteiger partial charge in [-0.2, -0.15) is 0 Å². The standard InChI is InChI=1S/C13H19BrN2O/c1-17-11-5-6-12(14)13(8-11)16-9-10-4-2-3-7-15-10/h5-6,8,10,15-16H,2-4,7,9H2,1H3. The van der Waals surface area contributed by atoms with Crippen LogP contribution in [0.15, 0.2) is 22.7 Å². The number of anilines is 1. The minimum atomic E-state index is 0.585. The van der Waals surface area contributed by atoms with Gasteiger partial charge in [0.2, 0.25) is 0 Å². The van der Waals surface area contributed by atoms with Gasteiger partial charge in [0.05, 0.1) is 12.8 Å². The van der Waals surface area contributed by atoms with Crippen molar-refractivity contribution in [3.8, 4) is 5.75 Å². The molecule has 1 heterocycles. The molecule has 3 nitrogen and oxygen atoms in total. The predicted molar refractivity (Wildman–Crippen MR) is 74.8 cm³/mol. The molecule has 2 rings (SSSR count). The Hall–Kier alpha value is -0.740. The summed E-state index contributed by atoms with van der Waals surface area (Å²) in [7, 11) is 1.69. The van der Waals surface area contributed by atoms with Crippen molar-refractivity contribution in [1.29, 1.82) is 0 Å². The van der Waals surface area contributed by atoms with Gasteiger partial charge in [0.15, 0.2) is 0 Å². The molecule has 17 heavy (non-hydrogen) atoms. The number of hydrogen-bond acceptors (Lipinski definition) is 3. The molecule has 1 saturated heterocycles. The van der Waals surface area contributed by atoms with Gasteiger partial charge in [0.1, 0.15) is 5.75 Å². The molecule has 2 N–H and O–H groups in total. The molecule has 0 aliphatic carbocycles. The van der Waals surface area contributed by atoms with Crippen LogP contribution in [0.2, 0.25) is 0 Å². The van der Waals surface area contributed by atoms with E-state index in [0.717, 1.165) is 29.0 Å². The summed E-state index contributed by atoms with van der Waals surface area (Å²) in [4.78, 5) is 0. The highest BCUT2D eigenvalue weighted by molar-refractivity contribution is 9.10. The Morgan fingerprint density at radius 2 is 2.35 bits per heavy atom. The van der Waals surface area contributed by atoms with E-state index in [-0.39, 0.29) is 0 Å². The third kappa shape index (κ3) is 3.61. The third-order valence-corrected chi connectivity index (χ3v) is 3.82. The summed E-state index contributed by atoms with van der Waals surface area (Å²) in [6, 6.07) is 6.57. The molecule has 1 aliphatic rings. The van der Waals surface area contributed by atoms with Crippen molar-refractivity contribution < 1.29 is 4.74 Å². The number of nitrogens with one attached hydrogen (secondary N) is 2. The first-order chi connectivity index (χ1) is 8.29. The monoisotopic (exact) mass is 298 g/mol. The van der Waals surface area contributed by atoms with Gasteiger partial charge in [-0.25, -0.2) is 0 Å². The second-order valence-electron chi connectivity index (χ2n) is 4.37. The molecule has 94 valence electrons. The summed E-state index contributed by atoms with van der Waals surface area (Å²) >= 11 is 3.55. The molecule has 1 aromatic carbocycles. The Kier molecular flexibility index (Phi) is 4.68. The number of halogens is 1. The van der Waals surface area contributed by atoms with Crippen LogP contribution in [0.5, 0.6) is 5.75 Å². The number of piperidine rings is 1.